The second-order valence-corrected chi connectivity index (χ2v) is 6.94. The number of rotatable bonds is 6. The van der Waals surface area contributed by atoms with E-state index in [0.717, 1.165) is 17.7 Å². The summed E-state index contributed by atoms with van der Waals surface area (Å²) in [5, 5.41) is 0. The Morgan fingerprint density at radius 3 is 2.55 bits per heavy atom. The van der Waals surface area contributed by atoms with Gasteiger partial charge in [-0.2, -0.15) is 0 Å². The van der Waals surface area contributed by atoms with E-state index in [1.807, 2.05) is 13.0 Å². The van der Waals surface area contributed by atoms with Gasteiger partial charge in [-0.1, -0.05) is 35.9 Å². The number of aryl methyl sites for hydroxylation is 1. The standard InChI is InChI=1S/C16H17F2NO2S/c1-12-3-2-4-13(9-12)11-22(20,21)19-8-7-14-5-6-15(17)10-16(14)18/h2-6,9-10,19H,7-8,11H2,1H3. The second kappa shape index (κ2) is 6.98. The van der Waals surface area contributed by atoms with Gasteiger partial charge in [0.2, 0.25) is 10.0 Å². The molecule has 0 fully saturated rings. The minimum absolute atomic E-state index is 0.0662. The van der Waals surface area contributed by atoms with Crippen molar-refractivity contribution < 1.29 is 17.2 Å². The predicted molar refractivity (Wildman–Crippen MR) is 81.9 cm³/mol. The van der Waals surface area contributed by atoms with E-state index >= 15 is 0 Å². The first-order valence-electron chi connectivity index (χ1n) is 6.82. The van der Waals surface area contributed by atoms with Gasteiger partial charge in [0.05, 0.1) is 5.75 Å². The first kappa shape index (κ1) is 16.6. The van der Waals surface area contributed by atoms with Crippen LogP contribution in [0.3, 0.4) is 0 Å². The molecule has 0 spiro atoms. The monoisotopic (exact) mass is 325 g/mol. The van der Waals surface area contributed by atoms with E-state index in [4.69, 9.17) is 0 Å². The summed E-state index contributed by atoms with van der Waals surface area (Å²) in [5.74, 6) is -1.44. The van der Waals surface area contributed by atoms with Crippen molar-refractivity contribution in [2.24, 2.45) is 0 Å². The summed E-state index contributed by atoms with van der Waals surface area (Å²) < 4.78 is 52.6. The minimum Gasteiger partial charge on any atom is -0.215 e. The van der Waals surface area contributed by atoms with Crippen molar-refractivity contribution in [3.05, 3.63) is 70.8 Å². The van der Waals surface area contributed by atoms with Crippen LogP contribution in [0, 0.1) is 18.6 Å². The van der Waals surface area contributed by atoms with Gasteiger partial charge < -0.3 is 0 Å². The topological polar surface area (TPSA) is 46.2 Å². The molecule has 0 aromatic heterocycles. The van der Waals surface area contributed by atoms with Crippen molar-refractivity contribution in [1.29, 1.82) is 0 Å². The van der Waals surface area contributed by atoms with Gasteiger partial charge in [0.1, 0.15) is 11.6 Å². The van der Waals surface area contributed by atoms with E-state index in [1.165, 1.54) is 6.07 Å². The molecule has 22 heavy (non-hydrogen) atoms. The largest absolute Gasteiger partial charge is 0.215 e. The molecular formula is C16H17F2NO2S. The highest BCUT2D eigenvalue weighted by Crippen LogP contribution is 2.11. The van der Waals surface area contributed by atoms with Gasteiger partial charge in [0.15, 0.2) is 0 Å². The van der Waals surface area contributed by atoms with E-state index in [0.29, 0.717) is 5.56 Å². The number of nitrogens with one attached hydrogen (secondary N) is 1. The van der Waals surface area contributed by atoms with Crippen LogP contribution in [0.4, 0.5) is 8.78 Å². The van der Waals surface area contributed by atoms with Crippen molar-refractivity contribution in [2.75, 3.05) is 6.54 Å². The van der Waals surface area contributed by atoms with Gasteiger partial charge in [-0.05, 0) is 30.5 Å². The van der Waals surface area contributed by atoms with Gasteiger partial charge in [0, 0.05) is 12.6 Å². The first-order valence-corrected chi connectivity index (χ1v) is 8.48. The summed E-state index contributed by atoms with van der Waals surface area (Å²) in [5.41, 5.74) is 1.96. The van der Waals surface area contributed by atoms with E-state index in [9.17, 15) is 17.2 Å². The molecule has 2 aromatic rings. The maximum Gasteiger partial charge on any atom is 0.215 e. The molecule has 0 amide bonds. The molecular weight excluding hydrogens is 308 g/mol. The molecule has 0 unspecified atom stereocenters. The summed E-state index contributed by atoms with van der Waals surface area (Å²) in [4.78, 5) is 0. The molecule has 0 saturated heterocycles. The fourth-order valence-corrected chi connectivity index (χ4v) is 3.27. The molecule has 0 heterocycles. The Morgan fingerprint density at radius 1 is 1.09 bits per heavy atom. The van der Waals surface area contributed by atoms with E-state index < -0.39 is 21.7 Å². The summed E-state index contributed by atoms with van der Waals surface area (Å²) in [6.45, 7) is 1.96. The van der Waals surface area contributed by atoms with Crippen molar-refractivity contribution >= 4 is 10.0 Å². The number of halogens is 2. The van der Waals surface area contributed by atoms with Crippen molar-refractivity contribution in [1.82, 2.24) is 4.72 Å². The average Bonchev–Trinajstić information content (AvgIpc) is 2.40. The summed E-state index contributed by atoms with van der Waals surface area (Å²) in [7, 11) is -3.49. The molecule has 0 aliphatic rings. The minimum atomic E-state index is -3.49. The molecule has 0 saturated carbocycles. The third kappa shape index (κ3) is 4.89. The normalized spacial score (nSPS) is 11.6. The maximum atomic E-state index is 13.4. The van der Waals surface area contributed by atoms with Crippen LogP contribution >= 0.6 is 0 Å². The van der Waals surface area contributed by atoms with Crippen LogP contribution < -0.4 is 4.72 Å². The molecule has 3 nitrogen and oxygen atoms in total. The highest BCUT2D eigenvalue weighted by Gasteiger charge is 2.12. The lowest BCUT2D eigenvalue weighted by Gasteiger charge is -2.08. The Morgan fingerprint density at radius 2 is 1.86 bits per heavy atom. The SMILES string of the molecule is Cc1cccc(CS(=O)(=O)NCCc2ccc(F)cc2F)c1. The average molecular weight is 325 g/mol. The first-order chi connectivity index (χ1) is 10.4. The summed E-state index contributed by atoms with van der Waals surface area (Å²) >= 11 is 0. The van der Waals surface area contributed by atoms with E-state index in [2.05, 4.69) is 4.72 Å². The van der Waals surface area contributed by atoms with Crippen LogP contribution in [-0.2, 0) is 22.2 Å². The Balaban J connectivity index is 1.92. The van der Waals surface area contributed by atoms with Gasteiger partial charge in [-0.15, -0.1) is 0 Å². The van der Waals surface area contributed by atoms with Crippen LogP contribution in [-0.4, -0.2) is 15.0 Å². The van der Waals surface area contributed by atoms with Crippen molar-refractivity contribution in [2.45, 2.75) is 19.1 Å². The zero-order valence-corrected chi connectivity index (χ0v) is 13.0. The van der Waals surface area contributed by atoms with Gasteiger partial charge >= 0.3 is 0 Å². The Bertz CT molecular complexity index is 760. The molecule has 118 valence electrons. The lowest BCUT2D eigenvalue weighted by molar-refractivity contribution is 0.565. The van der Waals surface area contributed by atoms with Gasteiger partial charge in [0.25, 0.3) is 0 Å². The molecule has 1 N–H and O–H groups in total. The van der Waals surface area contributed by atoms with Crippen LogP contribution in [0.2, 0.25) is 0 Å². The lowest BCUT2D eigenvalue weighted by atomic mass is 10.1. The highest BCUT2D eigenvalue weighted by atomic mass is 32.2. The van der Waals surface area contributed by atoms with Gasteiger partial charge in [-0.25, -0.2) is 21.9 Å². The van der Waals surface area contributed by atoms with Crippen LogP contribution in [0.15, 0.2) is 42.5 Å². The third-order valence-corrected chi connectivity index (χ3v) is 4.53. The number of hydrogen-bond acceptors (Lipinski definition) is 2. The van der Waals surface area contributed by atoms with Crippen LogP contribution in [0.5, 0.6) is 0 Å². The summed E-state index contributed by atoms with van der Waals surface area (Å²) in [6, 6.07) is 10.5. The molecule has 0 aliphatic carbocycles. The smallest absolute Gasteiger partial charge is 0.215 e. The third-order valence-electron chi connectivity index (χ3n) is 3.17. The molecule has 0 radical (unpaired) electrons. The zero-order valence-electron chi connectivity index (χ0n) is 12.1. The van der Waals surface area contributed by atoms with Gasteiger partial charge in [-0.3, -0.25) is 0 Å². The molecule has 2 rings (SSSR count). The molecule has 0 aliphatic heterocycles. The zero-order chi connectivity index (χ0) is 16.2. The predicted octanol–water partition coefficient (Wildman–Crippen LogP) is 2.94. The van der Waals surface area contributed by atoms with Crippen molar-refractivity contribution in [3.8, 4) is 0 Å². The second-order valence-electron chi connectivity index (χ2n) is 5.13. The quantitative estimate of drug-likeness (QED) is 0.887. The van der Waals surface area contributed by atoms with Crippen LogP contribution in [0.25, 0.3) is 0 Å². The van der Waals surface area contributed by atoms with Crippen LogP contribution in [0.1, 0.15) is 16.7 Å². The van der Waals surface area contributed by atoms with Crippen molar-refractivity contribution in [3.63, 3.8) is 0 Å². The number of hydrogen-bond donors (Lipinski definition) is 1. The summed E-state index contributed by atoms with van der Waals surface area (Å²) in [6.07, 6.45) is 0.166. The Hall–Kier alpha value is -1.79. The molecule has 6 heteroatoms. The number of benzene rings is 2. The Kier molecular flexibility index (Phi) is 5.26. The number of sulfonamides is 1. The van der Waals surface area contributed by atoms with E-state index in [1.54, 1.807) is 18.2 Å². The van der Waals surface area contributed by atoms with E-state index in [-0.39, 0.29) is 24.3 Å². The fraction of sp³-hybridized carbons (Fsp3) is 0.250. The molecule has 0 bridgehead atoms. The molecule has 2 aromatic carbocycles. The maximum absolute atomic E-state index is 13.4. The fourth-order valence-electron chi connectivity index (χ4n) is 2.14. The lowest BCUT2D eigenvalue weighted by Crippen LogP contribution is -2.27. The molecule has 0 atom stereocenters. The Labute approximate surface area is 129 Å². The highest BCUT2D eigenvalue weighted by molar-refractivity contribution is 7.88.